The lowest BCUT2D eigenvalue weighted by Crippen LogP contribution is -2.32. The van der Waals surface area contributed by atoms with E-state index in [1.807, 2.05) is 88.4 Å². The van der Waals surface area contributed by atoms with E-state index in [9.17, 15) is 9.59 Å². The molecule has 0 atom stereocenters. The molecule has 0 aliphatic carbocycles. The van der Waals surface area contributed by atoms with Crippen molar-refractivity contribution in [2.24, 2.45) is 0 Å². The molecule has 1 aliphatic heterocycles. The first-order chi connectivity index (χ1) is 14.8. The van der Waals surface area contributed by atoms with Gasteiger partial charge in [-0.25, -0.2) is 0 Å². The number of carbonyl (C=O) groups is 2. The maximum absolute atomic E-state index is 13.4. The van der Waals surface area contributed by atoms with Crippen molar-refractivity contribution in [2.45, 2.75) is 34.2 Å². The van der Waals surface area contributed by atoms with E-state index in [4.69, 9.17) is 0 Å². The van der Waals surface area contributed by atoms with Crippen LogP contribution in [-0.2, 0) is 16.1 Å². The third-order valence-corrected chi connectivity index (χ3v) is 5.46. The fraction of sp³-hybridized carbons (Fsp3) is 0.185. The van der Waals surface area contributed by atoms with Crippen LogP contribution in [0.15, 0.2) is 72.4 Å². The highest BCUT2D eigenvalue weighted by molar-refractivity contribution is 6.36. The summed E-state index contributed by atoms with van der Waals surface area (Å²) in [5, 5.41) is 3.26. The smallest absolute Gasteiger partial charge is 0.278 e. The Morgan fingerprint density at radius 3 is 1.81 bits per heavy atom. The second-order valence-corrected chi connectivity index (χ2v) is 8.30. The number of anilines is 1. The third kappa shape index (κ3) is 4.29. The Hall–Kier alpha value is -3.66. The zero-order valence-corrected chi connectivity index (χ0v) is 18.3. The summed E-state index contributed by atoms with van der Waals surface area (Å²) in [5.41, 5.74) is 7.62. The van der Waals surface area contributed by atoms with Gasteiger partial charge in [-0.3, -0.25) is 14.5 Å². The molecule has 4 rings (SSSR count). The van der Waals surface area contributed by atoms with Gasteiger partial charge in [0, 0.05) is 5.69 Å². The van der Waals surface area contributed by atoms with E-state index in [1.165, 1.54) is 4.90 Å². The highest BCUT2D eigenvalue weighted by Gasteiger charge is 2.39. The van der Waals surface area contributed by atoms with Gasteiger partial charge in [0.15, 0.2) is 0 Å². The summed E-state index contributed by atoms with van der Waals surface area (Å²) < 4.78 is 0. The summed E-state index contributed by atoms with van der Waals surface area (Å²) >= 11 is 0. The second kappa shape index (κ2) is 8.23. The molecule has 0 aromatic heterocycles. The number of hydrogen-bond acceptors (Lipinski definition) is 3. The largest absolute Gasteiger partial charge is 0.350 e. The molecule has 3 aromatic carbocycles. The number of nitrogens with one attached hydrogen (secondary N) is 1. The molecule has 156 valence electrons. The highest BCUT2D eigenvalue weighted by Crippen LogP contribution is 2.32. The van der Waals surface area contributed by atoms with Crippen LogP contribution in [0.5, 0.6) is 0 Å². The minimum atomic E-state index is -0.305. The van der Waals surface area contributed by atoms with E-state index in [0.717, 1.165) is 39.1 Å². The number of imide groups is 1. The van der Waals surface area contributed by atoms with Crippen LogP contribution < -0.4 is 5.32 Å². The summed E-state index contributed by atoms with van der Waals surface area (Å²) in [5.74, 6) is -0.582. The number of amides is 2. The molecule has 4 heteroatoms. The van der Waals surface area contributed by atoms with Crippen molar-refractivity contribution in [3.05, 3.63) is 106 Å². The Morgan fingerprint density at radius 1 is 0.677 bits per heavy atom. The van der Waals surface area contributed by atoms with E-state index in [-0.39, 0.29) is 18.4 Å². The highest BCUT2D eigenvalue weighted by atomic mass is 16.2. The number of nitrogens with zero attached hydrogens (tertiary/aromatic N) is 1. The maximum atomic E-state index is 13.4. The van der Waals surface area contributed by atoms with Crippen LogP contribution in [0.3, 0.4) is 0 Å². The lowest BCUT2D eigenvalue weighted by Gasteiger charge is -2.16. The zero-order chi connectivity index (χ0) is 22.1. The molecule has 1 aliphatic rings. The van der Waals surface area contributed by atoms with Crippen LogP contribution >= 0.6 is 0 Å². The molecular weight excluding hydrogens is 384 g/mol. The summed E-state index contributed by atoms with van der Waals surface area (Å²) in [4.78, 5) is 28.1. The quantitative estimate of drug-likeness (QED) is 0.580. The van der Waals surface area contributed by atoms with Crippen LogP contribution in [0, 0.1) is 27.7 Å². The van der Waals surface area contributed by atoms with Crippen molar-refractivity contribution in [2.75, 3.05) is 5.32 Å². The Bertz CT molecular complexity index is 1170. The van der Waals surface area contributed by atoms with Gasteiger partial charge < -0.3 is 5.32 Å². The standard InChI is InChI=1S/C27H26N2O2/c1-17-5-9-21(10-6-17)16-29-26(30)24(22-11-7-18(2)8-12-22)25(27(29)31)28-23-14-19(3)13-20(4)15-23/h5-15,28H,16H2,1-4H3. The Labute approximate surface area is 183 Å². The fourth-order valence-electron chi connectivity index (χ4n) is 3.89. The van der Waals surface area contributed by atoms with Gasteiger partial charge in [0.1, 0.15) is 5.70 Å². The van der Waals surface area contributed by atoms with Crippen molar-refractivity contribution in [1.29, 1.82) is 0 Å². The fourth-order valence-corrected chi connectivity index (χ4v) is 3.89. The van der Waals surface area contributed by atoms with Crippen LogP contribution in [-0.4, -0.2) is 16.7 Å². The summed E-state index contributed by atoms with van der Waals surface area (Å²) in [6.45, 7) is 8.28. The van der Waals surface area contributed by atoms with Crippen molar-refractivity contribution in [3.63, 3.8) is 0 Å². The molecule has 0 saturated carbocycles. The Balaban J connectivity index is 1.75. The molecule has 31 heavy (non-hydrogen) atoms. The van der Waals surface area contributed by atoms with Gasteiger partial charge in [-0.2, -0.15) is 0 Å². The average molecular weight is 411 g/mol. The first-order valence-electron chi connectivity index (χ1n) is 10.4. The summed E-state index contributed by atoms with van der Waals surface area (Å²) in [6.07, 6.45) is 0. The Morgan fingerprint density at radius 2 is 1.23 bits per heavy atom. The molecule has 1 heterocycles. The maximum Gasteiger partial charge on any atom is 0.278 e. The van der Waals surface area contributed by atoms with E-state index in [1.54, 1.807) is 0 Å². The molecule has 4 nitrogen and oxygen atoms in total. The van der Waals surface area contributed by atoms with Crippen molar-refractivity contribution in [3.8, 4) is 0 Å². The van der Waals surface area contributed by atoms with Crippen molar-refractivity contribution in [1.82, 2.24) is 4.90 Å². The van der Waals surface area contributed by atoms with Gasteiger partial charge in [0.2, 0.25) is 0 Å². The topological polar surface area (TPSA) is 49.4 Å². The Kier molecular flexibility index (Phi) is 5.47. The van der Waals surface area contributed by atoms with Crippen LogP contribution in [0.4, 0.5) is 5.69 Å². The number of rotatable bonds is 5. The van der Waals surface area contributed by atoms with Crippen LogP contribution in [0.2, 0.25) is 0 Å². The molecule has 2 amide bonds. The molecule has 0 bridgehead atoms. The molecule has 0 fully saturated rings. The lowest BCUT2D eigenvalue weighted by molar-refractivity contribution is -0.137. The molecule has 0 spiro atoms. The van der Waals surface area contributed by atoms with Gasteiger partial charge in [0.25, 0.3) is 11.8 Å². The van der Waals surface area contributed by atoms with Gasteiger partial charge in [-0.1, -0.05) is 65.7 Å². The van der Waals surface area contributed by atoms with Gasteiger partial charge in [-0.05, 0) is 62.1 Å². The number of carbonyl (C=O) groups excluding carboxylic acids is 2. The monoisotopic (exact) mass is 410 g/mol. The molecule has 1 N–H and O–H groups in total. The molecular formula is C27H26N2O2. The van der Waals surface area contributed by atoms with Gasteiger partial charge in [-0.15, -0.1) is 0 Å². The van der Waals surface area contributed by atoms with Gasteiger partial charge >= 0.3 is 0 Å². The van der Waals surface area contributed by atoms with Crippen molar-refractivity contribution >= 4 is 23.1 Å². The minimum absolute atomic E-state index is 0.241. The SMILES string of the molecule is Cc1ccc(CN2C(=O)C(Nc3cc(C)cc(C)c3)=C(c3ccc(C)cc3)C2=O)cc1. The molecule has 0 radical (unpaired) electrons. The predicted octanol–water partition coefficient (Wildman–Crippen LogP) is 5.31. The molecule has 0 unspecified atom stereocenters. The third-order valence-electron chi connectivity index (χ3n) is 5.46. The number of aryl methyl sites for hydroxylation is 4. The van der Waals surface area contributed by atoms with Crippen LogP contribution in [0.1, 0.15) is 33.4 Å². The lowest BCUT2D eigenvalue weighted by atomic mass is 10.0. The molecule has 3 aromatic rings. The van der Waals surface area contributed by atoms with Crippen molar-refractivity contribution < 1.29 is 9.59 Å². The van der Waals surface area contributed by atoms with Crippen LogP contribution in [0.25, 0.3) is 5.57 Å². The average Bonchev–Trinajstić information content (AvgIpc) is 2.94. The van der Waals surface area contributed by atoms with E-state index in [0.29, 0.717) is 11.3 Å². The first-order valence-corrected chi connectivity index (χ1v) is 10.4. The molecule has 0 saturated heterocycles. The summed E-state index contributed by atoms with van der Waals surface area (Å²) in [6, 6.07) is 21.6. The predicted molar refractivity (Wildman–Crippen MR) is 124 cm³/mol. The first kappa shape index (κ1) is 20.6. The van der Waals surface area contributed by atoms with E-state index < -0.39 is 0 Å². The van der Waals surface area contributed by atoms with E-state index in [2.05, 4.69) is 11.4 Å². The summed E-state index contributed by atoms with van der Waals surface area (Å²) in [7, 11) is 0. The second-order valence-electron chi connectivity index (χ2n) is 8.30. The number of hydrogen-bond donors (Lipinski definition) is 1. The van der Waals surface area contributed by atoms with Gasteiger partial charge in [0.05, 0.1) is 12.1 Å². The minimum Gasteiger partial charge on any atom is -0.350 e. The normalized spacial score (nSPS) is 13.9. The zero-order valence-electron chi connectivity index (χ0n) is 18.3. The number of benzene rings is 3. The van der Waals surface area contributed by atoms with E-state index >= 15 is 0 Å².